The van der Waals surface area contributed by atoms with Crippen molar-refractivity contribution in [1.29, 1.82) is 0 Å². The van der Waals surface area contributed by atoms with Crippen molar-refractivity contribution in [2.45, 2.75) is 32.3 Å². The lowest BCUT2D eigenvalue weighted by Crippen LogP contribution is -2.38. The molecule has 106 valence electrons. The SMILES string of the molecule is Cc1cc(Br)cnc1OCC(O)CN1CCCCC1. The zero-order valence-corrected chi connectivity index (χ0v) is 12.9. The molecule has 1 unspecified atom stereocenters. The van der Waals surface area contributed by atoms with Crippen LogP contribution >= 0.6 is 15.9 Å². The van der Waals surface area contributed by atoms with E-state index in [0.29, 0.717) is 19.0 Å². The molecule has 4 nitrogen and oxygen atoms in total. The Bertz CT molecular complexity index is 408. The van der Waals surface area contributed by atoms with Crippen molar-refractivity contribution in [3.63, 3.8) is 0 Å². The first kappa shape index (κ1) is 14.8. The number of aromatic nitrogens is 1. The van der Waals surface area contributed by atoms with E-state index in [1.165, 1.54) is 19.3 Å². The van der Waals surface area contributed by atoms with E-state index in [2.05, 4.69) is 25.8 Å². The van der Waals surface area contributed by atoms with Crippen LogP contribution in [-0.4, -0.2) is 47.3 Å². The van der Waals surface area contributed by atoms with E-state index in [1.54, 1.807) is 6.20 Å². The molecule has 1 aliphatic rings. The Kier molecular flexibility index (Phi) is 5.60. The minimum atomic E-state index is -0.456. The Hall–Kier alpha value is -0.650. The summed E-state index contributed by atoms with van der Waals surface area (Å²) in [5, 5.41) is 10.0. The third kappa shape index (κ3) is 4.75. The van der Waals surface area contributed by atoms with Crippen LogP contribution in [0.4, 0.5) is 0 Å². The number of aliphatic hydroxyl groups is 1. The molecule has 0 radical (unpaired) electrons. The van der Waals surface area contributed by atoms with Crippen LogP contribution in [-0.2, 0) is 0 Å². The first-order chi connectivity index (χ1) is 9.15. The van der Waals surface area contributed by atoms with Crippen LogP contribution < -0.4 is 4.74 Å². The Balaban J connectivity index is 1.77. The van der Waals surface area contributed by atoms with Crippen molar-refractivity contribution < 1.29 is 9.84 Å². The molecule has 1 fully saturated rings. The third-order valence-electron chi connectivity index (χ3n) is 3.33. The zero-order valence-electron chi connectivity index (χ0n) is 11.3. The first-order valence-electron chi connectivity index (χ1n) is 6.80. The molecule has 1 aromatic rings. The highest BCUT2D eigenvalue weighted by molar-refractivity contribution is 9.10. The van der Waals surface area contributed by atoms with Gasteiger partial charge in [0.05, 0.1) is 0 Å². The molecule has 0 bridgehead atoms. The fourth-order valence-electron chi connectivity index (χ4n) is 2.35. The summed E-state index contributed by atoms with van der Waals surface area (Å²) in [7, 11) is 0. The molecule has 1 atom stereocenters. The van der Waals surface area contributed by atoms with Gasteiger partial charge in [0.2, 0.25) is 5.88 Å². The van der Waals surface area contributed by atoms with Gasteiger partial charge in [-0.3, -0.25) is 0 Å². The van der Waals surface area contributed by atoms with Crippen molar-refractivity contribution in [1.82, 2.24) is 9.88 Å². The quantitative estimate of drug-likeness (QED) is 0.901. The molecule has 1 N–H and O–H groups in total. The number of β-amino-alcohol motifs (C(OH)–C–C–N with tert-alkyl or cyclic N) is 1. The number of rotatable bonds is 5. The number of nitrogens with zero attached hydrogens (tertiary/aromatic N) is 2. The maximum absolute atomic E-state index is 10.0. The molecule has 1 saturated heterocycles. The Morgan fingerprint density at radius 3 is 2.84 bits per heavy atom. The van der Waals surface area contributed by atoms with Crippen LogP contribution in [0, 0.1) is 6.92 Å². The summed E-state index contributed by atoms with van der Waals surface area (Å²) in [4.78, 5) is 6.51. The second-order valence-corrected chi connectivity index (χ2v) is 6.02. The molecule has 5 heteroatoms. The van der Waals surface area contributed by atoms with Crippen molar-refractivity contribution in [2.75, 3.05) is 26.2 Å². The van der Waals surface area contributed by atoms with E-state index in [-0.39, 0.29) is 0 Å². The molecule has 0 aromatic carbocycles. The molecule has 2 rings (SSSR count). The van der Waals surface area contributed by atoms with Crippen molar-refractivity contribution in [3.8, 4) is 5.88 Å². The Labute approximate surface area is 122 Å². The van der Waals surface area contributed by atoms with Crippen LogP contribution in [0.25, 0.3) is 0 Å². The summed E-state index contributed by atoms with van der Waals surface area (Å²) in [5.41, 5.74) is 0.972. The largest absolute Gasteiger partial charge is 0.475 e. The molecular weight excluding hydrogens is 308 g/mol. The smallest absolute Gasteiger partial charge is 0.216 e. The normalized spacial score (nSPS) is 18.3. The number of aryl methyl sites for hydroxylation is 1. The second-order valence-electron chi connectivity index (χ2n) is 5.10. The molecule has 0 amide bonds. The van der Waals surface area contributed by atoms with Gasteiger partial charge in [-0.1, -0.05) is 6.42 Å². The lowest BCUT2D eigenvalue weighted by atomic mass is 10.1. The number of piperidine rings is 1. The second kappa shape index (κ2) is 7.22. The van der Waals surface area contributed by atoms with Gasteiger partial charge in [-0.2, -0.15) is 0 Å². The topological polar surface area (TPSA) is 45.6 Å². The maximum Gasteiger partial charge on any atom is 0.216 e. The van der Waals surface area contributed by atoms with Gasteiger partial charge in [-0.25, -0.2) is 4.98 Å². The van der Waals surface area contributed by atoms with Crippen molar-refractivity contribution >= 4 is 15.9 Å². The summed E-state index contributed by atoms with van der Waals surface area (Å²) in [5.74, 6) is 0.598. The predicted octanol–water partition coefficient (Wildman–Crippen LogP) is 2.38. The van der Waals surface area contributed by atoms with Crippen LogP contribution in [0.3, 0.4) is 0 Å². The van der Waals surface area contributed by atoms with E-state index in [9.17, 15) is 5.11 Å². The van der Waals surface area contributed by atoms with Crippen LogP contribution in [0.5, 0.6) is 5.88 Å². The number of ether oxygens (including phenoxy) is 1. The van der Waals surface area contributed by atoms with Crippen LogP contribution in [0.15, 0.2) is 16.7 Å². The lowest BCUT2D eigenvalue weighted by molar-refractivity contribution is 0.0600. The summed E-state index contributed by atoms with van der Waals surface area (Å²) in [6.07, 6.45) is 5.04. The highest BCUT2D eigenvalue weighted by atomic mass is 79.9. The zero-order chi connectivity index (χ0) is 13.7. The molecular formula is C14H21BrN2O2. The number of likely N-dealkylation sites (tertiary alicyclic amines) is 1. The molecule has 0 aliphatic carbocycles. The number of hydrogen-bond acceptors (Lipinski definition) is 4. The van der Waals surface area contributed by atoms with Gasteiger partial charge >= 0.3 is 0 Å². The minimum Gasteiger partial charge on any atom is -0.475 e. The van der Waals surface area contributed by atoms with Gasteiger partial charge in [0.15, 0.2) is 0 Å². The van der Waals surface area contributed by atoms with Crippen molar-refractivity contribution in [2.24, 2.45) is 0 Å². The fourth-order valence-corrected chi connectivity index (χ4v) is 2.79. The maximum atomic E-state index is 10.0. The third-order valence-corrected chi connectivity index (χ3v) is 3.76. The number of hydrogen-bond donors (Lipinski definition) is 1. The fraction of sp³-hybridized carbons (Fsp3) is 0.643. The first-order valence-corrected chi connectivity index (χ1v) is 7.60. The standard InChI is InChI=1S/C14H21BrN2O2/c1-11-7-12(15)8-16-14(11)19-10-13(18)9-17-5-3-2-4-6-17/h7-8,13,18H,2-6,9-10H2,1H3. The van der Waals surface area contributed by atoms with Crippen LogP contribution in [0.1, 0.15) is 24.8 Å². The average Bonchev–Trinajstić information content (AvgIpc) is 2.39. The van der Waals surface area contributed by atoms with Crippen LogP contribution in [0.2, 0.25) is 0 Å². The van der Waals surface area contributed by atoms with E-state index >= 15 is 0 Å². The Morgan fingerprint density at radius 1 is 1.42 bits per heavy atom. The summed E-state index contributed by atoms with van der Waals surface area (Å²) in [6.45, 7) is 5.12. The van der Waals surface area contributed by atoms with E-state index in [0.717, 1.165) is 23.1 Å². The monoisotopic (exact) mass is 328 g/mol. The summed E-state index contributed by atoms with van der Waals surface area (Å²) in [6, 6.07) is 1.96. The van der Waals surface area contributed by atoms with Gasteiger partial charge in [0.1, 0.15) is 12.7 Å². The molecule has 1 aliphatic heterocycles. The molecule has 2 heterocycles. The lowest BCUT2D eigenvalue weighted by Gasteiger charge is -2.28. The number of pyridine rings is 1. The van der Waals surface area contributed by atoms with E-state index in [1.807, 2.05) is 13.0 Å². The molecule has 1 aromatic heterocycles. The molecule has 0 saturated carbocycles. The van der Waals surface area contributed by atoms with Gasteiger partial charge in [-0.15, -0.1) is 0 Å². The van der Waals surface area contributed by atoms with E-state index < -0.39 is 6.10 Å². The average molecular weight is 329 g/mol. The van der Waals surface area contributed by atoms with Gasteiger partial charge in [0.25, 0.3) is 0 Å². The summed E-state index contributed by atoms with van der Waals surface area (Å²) < 4.78 is 6.52. The number of halogens is 1. The molecule has 19 heavy (non-hydrogen) atoms. The van der Waals surface area contributed by atoms with Crippen molar-refractivity contribution in [3.05, 3.63) is 22.3 Å². The minimum absolute atomic E-state index is 0.298. The highest BCUT2D eigenvalue weighted by Gasteiger charge is 2.15. The number of aliphatic hydroxyl groups excluding tert-OH is 1. The highest BCUT2D eigenvalue weighted by Crippen LogP contribution is 2.19. The van der Waals surface area contributed by atoms with Gasteiger partial charge < -0.3 is 14.7 Å². The summed E-state index contributed by atoms with van der Waals surface area (Å²) >= 11 is 3.37. The Morgan fingerprint density at radius 2 is 2.16 bits per heavy atom. The van der Waals surface area contributed by atoms with Gasteiger partial charge in [-0.05, 0) is 54.9 Å². The predicted molar refractivity (Wildman–Crippen MR) is 78.5 cm³/mol. The van der Waals surface area contributed by atoms with E-state index in [4.69, 9.17) is 4.74 Å². The molecule has 0 spiro atoms. The van der Waals surface area contributed by atoms with Gasteiger partial charge in [0, 0.05) is 22.8 Å².